The lowest BCUT2D eigenvalue weighted by molar-refractivity contribution is 0.106. The van der Waals surface area contributed by atoms with E-state index in [-0.39, 0.29) is 18.1 Å². The molecule has 1 amide bonds. The number of Topliss-reactive ketones (excluding diaryl/α,β-unsaturated/α-hetero) is 1. The molecule has 0 saturated carbocycles. The first-order chi connectivity index (χ1) is 19.1. The SMILES string of the molecule is N=C(C(=O)c1ccccc1)[C@H](/C=C/[C@H](Cc1ccccc1)NC(=O)OCc1ccccc1)Cc1ccccc1. The predicted molar refractivity (Wildman–Crippen MR) is 155 cm³/mol. The molecule has 39 heavy (non-hydrogen) atoms. The Kier molecular flexibility index (Phi) is 9.96. The van der Waals surface area contributed by atoms with E-state index in [0.29, 0.717) is 18.4 Å². The van der Waals surface area contributed by atoms with Crippen LogP contribution in [0.3, 0.4) is 0 Å². The minimum Gasteiger partial charge on any atom is -0.445 e. The molecule has 0 heterocycles. The van der Waals surface area contributed by atoms with Crippen LogP contribution in [0.2, 0.25) is 0 Å². The Hall–Kier alpha value is -4.77. The molecule has 196 valence electrons. The minimum absolute atomic E-state index is 0.00594. The molecule has 4 aromatic rings. The van der Waals surface area contributed by atoms with E-state index in [1.807, 2.05) is 109 Å². The van der Waals surface area contributed by atoms with E-state index in [9.17, 15) is 9.59 Å². The van der Waals surface area contributed by atoms with Crippen molar-refractivity contribution in [1.29, 1.82) is 5.41 Å². The zero-order valence-electron chi connectivity index (χ0n) is 21.7. The number of alkyl carbamates (subject to hydrolysis) is 1. The molecule has 0 aliphatic rings. The lowest BCUT2D eigenvalue weighted by atomic mass is 9.89. The van der Waals surface area contributed by atoms with Crippen molar-refractivity contribution in [2.75, 3.05) is 0 Å². The third-order valence-corrected chi connectivity index (χ3v) is 6.34. The molecule has 0 aromatic heterocycles. The largest absolute Gasteiger partial charge is 0.445 e. The summed E-state index contributed by atoms with van der Waals surface area (Å²) in [5.41, 5.74) is 3.46. The van der Waals surface area contributed by atoms with Crippen molar-refractivity contribution in [3.05, 3.63) is 156 Å². The summed E-state index contributed by atoms with van der Waals surface area (Å²) < 4.78 is 5.46. The number of carbonyl (C=O) groups is 2. The molecule has 2 N–H and O–H groups in total. The summed E-state index contributed by atoms with van der Waals surface area (Å²) in [4.78, 5) is 25.9. The molecule has 0 fully saturated rings. The van der Waals surface area contributed by atoms with Crippen LogP contribution in [0.15, 0.2) is 133 Å². The Morgan fingerprint density at radius 1 is 0.667 bits per heavy atom. The molecule has 0 aliphatic heterocycles. The average molecular weight is 517 g/mol. The Morgan fingerprint density at radius 3 is 1.72 bits per heavy atom. The molecule has 4 aromatic carbocycles. The van der Waals surface area contributed by atoms with Crippen LogP contribution in [-0.4, -0.2) is 23.6 Å². The van der Waals surface area contributed by atoms with Crippen molar-refractivity contribution in [2.24, 2.45) is 5.92 Å². The molecule has 2 atom stereocenters. The van der Waals surface area contributed by atoms with Gasteiger partial charge in [-0.05, 0) is 29.5 Å². The summed E-state index contributed by atoms with van der Waals surface area (Å²) in [5, 5.41) is 11.7. The van der Waals surface area contributed by atoms with Crippen LogP contribution in [0, 0.1) is 11.3 Å². The second-order valence-electron chi connectivity index (χ2n) is 9.29. The second kappa shape index (κ2) is 14.2. The van der Waals surface area contributed by atoms with Gasteiger partial charge in [0.2, 0.25) is 5.78 Å². The highest BCUT2D eigenvalue weighted by Gasteiger charge is 2.22. The Morgan fingerprint density at radius 2 is 1.15 bits per heavy atom. The van der Waals surface area contributed by atoms with E-state index in [0.717, 1.165) is 16.7 Å². The van der Waals surface area contributed by atoms with Gasteiger partial charge in [-0.1, -0.05) is 133 Å². The normalized spacial score (nSPS) is 12.4. The van der Waals surface area contributed by atoms with E-state index >= 15 is 0 Å². The number of hydrogen-bond donors (Lipinski definition) is 2. The summed E-state index contributed by atoms with van der Waals surface area (Å²) in [6, 6.07) is 37.7. The number of benzene rings is 4. The van der Waals surface area contributed by atoms with Crippen LogP contribution in [-0.2, 0) is 24.2 Å². The van der Waals surface area contributed by atoms with Gasteiger partial charge in [0.15, 0.2) is 0 Å². The monoisotopic (exact) mass is 516 g/mol. The van der Waals surface area contributed by atoms with Gasteiger partial charge >= 0.3 is 6.09 Å². The van der Waals surface area contributed by atoms with Gasteiger partial charge in [0, 0.05) is 11.5 Å². The Labute approximate surface area is 229 Å². The first kappa shape index (κ1) is 27.3. The van der Waals surface area contributed by atoms with Crippen LogP contribution < -0.4 is 5.32 Å². The van der Waals surface area contributed by atoms with Gasteiger partial charge in [0.25, 0.3) is 0 Å². The summed E-state index contributed by atoms with van der Waals surface area (Å²) >= 11 is 0. The van der Waals surface area contributed by atoms with Crippen molar-refractivity contribution in [2.45, 2.75) is 25.5 Å². The maximum atomic E-state index is 13.2. The second-order valence-corrected chi connectivity index (χ2v) is 9.29. The van der Waals surface area contributed by atoms with Gasteiger partial charge < -0.3 is 15.5 Å². The first-order valence-electron chi connectivity index (χ1n) is 13.0. The predicted octanol–water partition coefficient (Wildman–Crippen LogP) is 6.84. The topological polar surface area (TPSA) is 79.3 Å². The van der Waals surface area contributed by atoms with Crippen LogP contribution in [0.25, 0.3) is 0 Å². The molecule has 0 spiro atoms. The van der Waals surface area contributed by atoms with E-state index in [1.165, 1.54) is 0 Å². The quantitative estimate of drug-likeness (QED) is 0.123. The summed E-state index contributed by atoms with van der Waals surface area (Å²) in [6.07, 6.45) is 4.24. The molecule has 0 radical (unpaired) electrons. The summed E-state index contributed by atoms with van der Waals surface area (Å²) in [6.45, 7) is 0.168. The van der Waals surface area contributed by atoms with Gasteiger partial charge in [-0.2, -0.15) is 0 Å². The lowest BCUT2D eigenvalue weighted by Crippen LogP contribution is -2.36. The zero-order valence-corrected chi connectivity index (χ0v) is 21.7. The van der Waals surface area contributed by atoms with Crippen molar-refractivity contribution < 1.29 is 14.3 Å². The zero-order chi connectivity index (χ0) is 27.3. The van der Waals surface area contributed by atoms with E-state index in [2.05, 4.69) is 5.32 Å². The van der Waals surface area contributed by atoms with Gasteiger partial charge in [0.05, 0.1) is 11.8 Å². The Bertz CT molecular complexity index is 1370. The number of allylic oxidation sites excluding steroid dienone is 1. The fourth-order valence-electron chi connectivity index (χ4n) is 4.27. The molecule has 5 heteroatoms. The number of ketones is 1. The summed E-state index contributed by atoms with van der Waals surface area (Å²) in [7, 11) is 0. The summed E-state index contributed by atoms with van der Waals surface area (Å²) in [5.74, 6) is -0.781. The van der Waals surface area contributed by atoms with Gasteiger partial charge in [0.1, 0.15) is 6.61 Å². The fraction of sp³-hybridized carbons (Fsp3) is 0.147. The number of ether oxygens (including phenoxy) is 1. The lowest BCUT2D eigenvalue weighted by Gasteiger charge is -2.18. The molecule has 0 saturated heterocycles. The van der Waals surface area contributed by atoms with Gasteiger partial charge in [-0.3, -0.25) is 4.79 Å². The first-order valence-corrected chi connectivity index (χ1v) is 13.0. The van der Waals surface area contributed by atoms with Crippen molar-refractivity contribution in [3.8, 4) is 0 Å². The molecule has 0 aliphatic carbocycles. The number of amides is 1. The van der Waals surface area contributed by atoms with E-state index < -0.39 is 18.1 Å². The average Bonchev–Trinajstić information content (AvgIpc) is 2.99. The van der Waals surface area contributed by atoms with Crippen LogP contribution in [0.4, 0.5) is 4.79 Å². The number of rotatable bonds is 12. The number of hydrogen-bond acceptors (Lipinski definition) is 4. The fourth-order valence-corrected chi connectivity index (χ4v) is 4.27. The van der Waals surface area contributed by atoms with Crippen LogP contribution >= 0.6 is 0 Å². The Balaban J connectivity index is 1.53. The molecule has 4 rings (SSSR count). The van der Waals surface area contributed by atoms with Crippen molar-refractivity contribution in [1.82, 2.24) is 5.32 Å². The smallest absolute Gasteiger partial charge is 0.407 e. The highest BCUT2D eigenvalue weighted by atomic mass is 16.5. The number of carbonyl (C=O) groups excluding carboxylic acids is 2. The third-order valence-electron chi connectivity index (χ3n) is 6.34. The molecular formula is C34H32N2O3. The molecular weight excluding hydrogens is 484 g/mol. The molecule has 0 bridgehead atoms. The van der Waals surface area contributed by atoms with Crippen LogP contribution in [0.5, 0.6) is 0 Å². The highest BCUT2D eigenvalue weighted by molar-refractivity contribution is 6.45. The highest BCUT2D eigenvalue weighted by Crippen LogP contribution is 2.16. The number of nitrogens with one attached hydrogen (secondary N) is 2. The third kappa shape index (κ3) is 8.64. The van der Waals surface area contributed by atoms with Crippen molar-refractivity contribution in [3.63, 3.8) is 0 Å². The maximum absolute atomic E-state index is 13.2. The standard InChI is InChI=1S/C34H32N2O3/c35-32(33(37)29-19-11-4-12-20-29)30(23-26-13-5-1-6-14-26)21-22-31(24-27-15-7-2-8-16-27)36-34(38)39-25-28-17-9-3-10-18-28/h1-22,30-31,35H,23-25H2,(H,36,38)/b22-21+,35-32?/t30-,31-/m1/s1. The van der Waals surface area contributed by atoms with Crippen molar-refractivity contribution >= 4 is 17.6 Å². The minimum atomic E-state index is -0.528. The van der Waals surface area contributed by atoms with Gasteiger partial charge in [-0.15, -0.1) is 0 Å². The van der Waals surface area contributed by atoms with Gasteiger partial charge in [-0.25, -0.2) is 4.79 Å². The maximum Gasteiger partial charge on any atom is 0.407 e. The molecule has 5 nitrogen and oxygen atoms in total. The van der Waals surface area contributed by atoms with Crippen LogP contribution in [0.1, 0.15) is 27.0 Å². The van der Waals surface area contributed by atoms with E-state index in [1.54, 1.807) is 24.3 Å². The van der Waals surface area contributed by atoms with E-state index in [4.69, 9.17) is 10.1 Å². The molecule has 0 unspecified atom stereocenters.